The van der Waals surface area contributed by atoms with Gasteiger partial charge in [-0.1, -0.05) is 36.7 Å². The standard InChI is InChI=1S/C18H22ClNO/c1-4-9-20-12-14-6-5-13(2)16(10-14)15-7-8-18(21-3)17(19)11-15/h5-8,10-11,20H,4,9,12H2,1-3H3. The van der Waals surface area contributed by atoms with Gasteiger partial charge in [-0.25, -0.2) is 0 Å². The second-order valence-electron chi connectivity index (χ2n) is 5.18. The fourth-order valence-electron chi connectivity index (χ4n) is 2.33. The zero-order chi connectivity index (χ0) is 15.2. The van der Waals surface area contributed by atoms with Crippen LogP contribution >= 0.6 is 11.6 Å². The molecule has 2 rings (SSSR count). The Morgan fingerprint density at radius 1 is 1.14 bits per heavy atom. The first-order chi connectivity index (χ1) is 10.2. The average Bonchev–Trinajstić information content (AvgIpc) is 2.49. The molecular weight excluding hydrogens is 282 g/mol. The third-order valence-corrected chi connectivity index (χ3v) is 3.82. The van der Waals surface area contributed by atoms with Gasteiger partial charge in [0.05, 0.1) is 12.1 Å². The van der Waals surface area contributed by atoms with E-state index in [0.29, 0.717) is 10.8 Å². The number of rotatable bonds is 6. The van der Waals surface area contributed by atoms with Crippen molar-refractivity contribution in [3.63, 3.8) is 0 Å². The Morgan fingerprint density at radius 2 is 1.95 bits per heavy atom. The molecule has 0 bridgehead atoms. The molecule has 0 spiro atoms. The van der Waals surface area contributed by atoms with E-state index in [2.05, 4.69) is 43.4 Å². The summed E-state index contributed by atoms with van der Waals surface area (Å²) in [7, 11) is 1.63. The summed E-state index contributed by atoms with van der Waals surface area (Å²) in [5, 5.41) is 4.08. The summed E-state index contributed by atoms with van der Waals surface area (Å²) < 4.78 is 5.21. The van der Waals surface area contributed by atoms with Crippen molar-refractivity contribution < 1.29 is 4.74 Å². The van der Waals surface area contributed by atoms with Crippen molar-refractivity contribution in [2.45, 2.75) is 26.8 Å². The Kier molecular flexibility index (Phi) is 5.66. The zero-order valence-corrected chi connectivity index (χ0v) is 13.6. The molecule has 0 saturated heterocycles. The molecule has 0 saturated carbocycles. The van der Waals surface area contributed by atoms with Crippen molar-refractivity contribution in [2.75, 3.05) is 13.7 Å². The van der Waals surface area contributed by atoms with Crippen LogP contribution in [-0.4, -0.2) is 13.7 Å². The molecule has 0 heterocycles. The van der Waals surface area contributed by atoms with Gasteiger partial charge in [-0.05, 0) is 60.3 Å². The molecule has 0 aromatic heterocycles. The molecule has 2 nitrogen and oxygen atoms in total. The second-order valence-corrected chi connectivity index (χ2v) is 5.58. The van der Waals surface area contributed by atoms with Gasteiger partial charge in [-0.3, -0.25) is 0 Å². The fraction of sp³-hybridized carbons (Fsp3) is 0.333. The summed E-state index contributed by atoms with van der Waals surface area (Å²) in [5.41, 5.74) is 4.87. The van der Waals surface area contributed by atoms with Crippen molar-refractivity contribution in [1.82, 2.24) is 5.32 Å². The smallest absolute Gasteiger partial charge is 0.137 e. The maximum atomic E-state index is 6.24. The number of benzene rings is 2. The van der Waals surface area contributed by atoms with Crippen molar-refractivity contribution in [3.8, 4) is 16.9 Å². The van der Waals surface area contributed by atoms with Gasteiger partial charge in [0.15, 0.2) is 0 Å². The highest BCUT2D eigenvalue weighted by atomic mass is 35.5. The maximum absolute atomic E-state index is 6.24. The zero-order valence-electron chi connectivity index (χ0n) is 12.9. The van der Waals surface area contributed by atoms with E-state index in [9.17, 15) is 0 Å². The summed E-state index contributed by atoms with van der Waals surface area (Å²) in [6.45, 7) is 6.23. The third-order valence-electron chi connectivity index (χ3n) is 3.52. The van der Waals surface area contributed by atoms with Gasteiger partial charge in [0.1, 0.15) is 5.75 Å². The lowest BCUT2D eigenvalue weighted by atomic mass is 9.98. The van der Waals surface area contributed by atoms with Gasteiger partial charge < -0.3 is 10.1 Å². The van der Waals surface area contributed by atoms with Crippen LogP contribution in [-0.2, 0) is 6.54 Å². The van der Waals surface area contributed by atoms with Gasteiger partial charge >= 0.3 is 0 Å². The lowest BCUT2D eigenvalue weighted by Crippen LogP contribution is -2.13. The number of aryl methyl sites for hydroxylation is 1. The summed E-state index contributed by atoms with van der Waals surface area (Å²) in [4.78, 5) is 0. The number of ether oxygens (including phenoxy) is 1. The highest BCUT2D eigenvalue weighted by Crippen LogP contribution is 2.32. The predicted octanol–water partition coefficient (Wildman–Crippen LogP) is 4.82. The predicted molar refractivity (Wildman–Crippen MR) is 90.2 cm³/mol. The molecule has 0 aliphatic carbocycles. The van der Waals surface area contributed by atoms with E-state index < -0.39 is 0 Å². The minimum Gasteiger partial charge on any atom is -0.495 e. The molecule has 21 heavy (non-hydrogen) atoms. The maximum Gasteiger partial charge on any atom is 0.137 e. The number of methoxy groups -OCH3 is 1. The van der Waals surface area contributed by atoms with E-state index in [1.54, 1.807) is 7.11 Å². The van der Waals surface area contributed by atoms with Crippen molar-refractivity contribution in [3.05, 3.63) is 52.5 Å². The minimum absolute atomic E-state index is 0.643. The highest BCUT2D eigenvalue weighted by Gasteiger charge is 2.07. The monoisotopic (exact) mass is 303 g/mol. The van der Waals surface area contributed by atoms with Gasteiger partial charge in [-0.2, -0.15) is 0 Å². The molecule has 0 amide bonds. The van der Waals surface area contributed by atoms with Crippen LogP contribution in [0.4, 0.5) is 0 Å². The normalized spacial score (nSPS) is 10.7. The third kappa shape index (κ3) is 3.99. The Hall–Kier alpha value is -1.51. The quantitative estimate of drug-likeness (QED) is 0.772. The molecule has 2 aromatic rings. The summed E-state index contributed by atoms with van der Waals surface area (Å²) >= 11 is 6.24. The first-order valence-electron chi connectivity index (χ1n) is 7.30. The van der Waals surface area contributed by atoms with E-state index in [4.69, 9.17) is 16.3 Å². The Balaban J connectivity index is 2.29. The molecule has 1 N–H and O–H groups in total. The summed E-state index contributed by atoms with van der Waals surface area (Å²) in [6, 6.07) is 12.5. The van der Waals surface area contributed by atoms with Crippen LogP contribution in [0.1, 0.15) is 24.5 Å². The number of nitrogens with one attached hydrogen (secondary N) is 1. The molecular formula is C18H22ClNO. The van der Waals surface area contributed by atoms with Crippen LogP contribution in [0.25, 0.3) is 11.1 Å². The van der Waals surface area contributed by atoms with Gasteiger partial charge in [0.2, 0.25) is 0 Å². The molecule has 112 valence electrons. The molecule has 0 radical (unpaired) electrons. The minimum atomic E-state index is 0.643. The van der Waals surface area contributed by atoms with E-state index in [-0.39, 0.29) is 0 Å². The SMILES string of the molecule is CCCNCc1ccc(C)c(-c2ccc(OC)c(Cl)c2)c1. The summed E-state index contributed by atoms with van der Waals surface area (Å²) in [5.74, 6) is 0.707. The van der Waals surface area contributed by atoms with Crippen molar-refractivity contribution in [2.24, 2.45) is 0 Å². The van der Waals surface area contributed by atoms with Crippen LogP contribution < -0.4 is 10.1 Å². The van der Waals surface area contributed by atoms with Crippen LogP contribution in [0, 0.1) is 6.92 Å². The van der Waals surface area contributed by atoms with Crippen molar-refractivity contribution in [1.29, 1.82) is 0 Å². The van der Waals surface area contributed by atoms with E-state index in [1.165, 1.54) is 16.7 Å². The number of hydrogen-bond acceptors (Lipinski definition) is 2. The first kappa shape index (κ1) is 15.9. The topological polar surface area (TPSA) is 21.3 Å². The average molecular weight is 304 g/mol. The number of halogens is 1. The fourth-order valence-corrected chi connectivity index (χ4v) is 2.59. The van der Waals surface area contributed by atoms with E-state index in [1.807, 2.05) is 12.1 Å². The molecule has 2 aromatic carbocycles. The lowest BCUT2D eigenvalue weighted by molar-refractivity contribution is 0.415. The largest absolute Gasteiger partial charge is 0.495 e. The number of hydrogen-bond donors (Lipinski definition) is 1. The molecule has 3 heteroatoms. The van der Waals surface area contributed by atoms with Crippen LogP contribution in [0.3, 0.4) is 0 Å². The Morgan fingerprint density at radius 3 is 2.62 bits per heavy atom. The van der Waals surface area contributed by atoms with Crippen LogP contribution in [0.5, 0.6) is 5.75 Å². The van der Waals surface area contributed by atoms with Crippen molar-refractivity contribution >= 4 is 11.6 Å². The lowest BCUT2D eigenvalue weighted by Gasteiger charge is -2.11. The molecule has 0 fully saturated rings. The molecule has 0 aliphatic heterocycles. The molecule has 0 atom stereocenters. The second kappa shape index (κ2) is 7.48. The molecule has 0 unspecified atom stereocenters. The summed E-state index contributed by atoms with van der Waals surface area (Å²) in [6.07, 6.45) is 1.15. The molecule has 0 aliphatic rings. The van der Waals surface area contributed by atoms with Gasteiger partial charge in [0, 0.05) is 6.54 Å². The van der Waals surface area contributed by atoms with E-state index in [0.717, 1.165) is 25.1 Å². The van der Waals surface area contributed by atoms with Gasteiger partial charge in [-0.15, -0.1) is 0 Å². The Bertz CT molecular complexity index is 610. The van der Waals surface area contributed by atoms with Crippen LogP contribution in [0.2, 0.25) is 5.02 Å². The van der Waals surface area contributed by atoms with Crippen LogP contribution in [0.15, 0.2) is 36.4 Å². The first-order valence-corrected chi connectivity index (χ1v) is 7.67. The van der Waals surface area contributed by atoms with E-state index >= 15 is 0 Å². The highest BCUT2D eigenvalue weighted by molar-refractivity contribution is 6.32. The van der Waals surface area contributed by atoms with Gasteiger partial charge in [0.25, 0.3) is 0 Å². The Labute approximate surface area is 132 Å².